The quantitative estimate of drug-likeness (QED) is 0.801. The number of hydrogen-bond donors (Lipinski definition) is 0. The summed E-state index contributed by atoms with van der Waals surface area (Å²) in [5.74, 6) is 0. The molecule has 3 nitrogen and oxygen atoms in total. The van der Waals surface area contributed by atoms with Crippen molar-refractivity contribution in [2.24, 2.45) is 0 Å². The van der Waals surface area contributed by atoms with E-state index in [4.69, 9.17) is 0 Å². The average Bonchev–Trinajstić information content (AvgIpc) is 2.73. The molecule has 1 fully saturated rings. The van der Waals surface area contributed by atoms with Crippen LogP contribution in [0.3, 0.4) is 0 Å². The molecule has 2 aromatic rings. The van der Waals surface area contributed by atoms with Crippen molar-refractivity contribution in [2.75, 3.05) is 26.3 Å². The minimum atomic E-state index is -0.287. The van der Waals surface area contributed by atoms with E-state index in [-0.39, 0.29) is 11.5 Å². The minimum absolute atomic E-state index is 0.123. The summed E-state index contributed by atoms with van der Waals surface area (Å²) in [7, 11) is 0. The van der Waals surface area contributed by atoms with Crippen LogP contribution in [0, 0.1) is 0 Å². The number of hydrogen-bond acceptors (Lipinski definition) is 3. The van der Waals surface area contributed by atoms with Gasteiger partial charge in [0.2, 0.25) is 0 Å². The number of alkyl halides is 1. The van der Waals surface area contributed by atoms with Crippen molar-refractivity contribution in [1.29, 1.82) is 0 Å². The van der Waals surface area contributed by atoms with E-state index in [1.54, 1.807) is 0 Å². The fraction of sp³-hybridized carbons (Fsp3) is 0.611. The molecule has 1 aromatic carbocycles. The van der Waals surface area contributed by atoms with Gasteiger partial charge in [-0.05, 0) is 56.5 Å². The predicted octanol–water partition coefficient (Wildman–Crippen LogP) is 3.84. The van der Waals surface area contributed by atoms with Crippen molar-refractivity contribution in [2.45, 2.75) is 45.1 Å². The normalized spacial score (nSPS) is 16.7. The van der Waals surface area contributed by atoms with E-state index in [0.29, 0.717) is 6.42 Å². The van der Waals surface area contributed by atoms with Gasteiger partial charge in [0.15, 0.2) is 0 Å². The van der Waals surface area contributed by atoms with Gasteiger partial charge >= 0.3 is 4.87 Å². The standard InChI is InChI=1S/C18H25FN2OS/c19-9-5-6-15-7-8-16-17(14-15)23-18(22)21(16)13-12-20-10-3-1-2-4-11-20/h7-8,14H,1-6,9-13H2. The van der Waals surface area contributed by atoms with Crippen molar-refractivity contribution in [1.82, 2.24) is 9.47 Å². The van der Waals surface area contributed by atoms with Crippen LogP contribution >= 0.6 is 11.3 Å². The lowest BCUT2D eigenvalue weighted by Gasteiger charge is -2.19. The van der Waals surface area contributed by atoms with Gasteiger partial charge in [-0.25, -0.2) is 0 Å². The van der Waals surface area contributed by atoms with Crippen LogP contribution in [0.2, 0.25) is 0 Å². The maximum Gasteiger partial charge on any atom is 0.308 e. The van der Waals surface area contributed by atoms with Gasteiger partial charge in [-0.2, -0.15) is 0 Å². The van der Waals surface area contributed by atoms with E-state index in [2.05, 4.69) is 11.0 Å². The Labute approximate surface area is 140 Å². The first-order valence-corrected chi connectivity index (χ1v) is 9.50. The van der Waals surface area contributed by atoms with Gasteiger partial charge in [0, 0.05) is 13.1 Å². The largest absolute Gasteiger partial charge is 0.308 e. The first-order chi connectivity index (χ1) is 11.3. The maximum atomic E-state index is 12.3. The van der Waals surface area contributed by atoms with Gasteiger partial charge in [-0.3, -0.25) is 13.8 Å². The highest BCUT2D eigenvalue weighted by molar-refractivity contribution is 7.16. The molecular formula is C18H25FN2OS. The summed E-state index contributed by atoms with van der Waals surface area (Å²) in [6, 6.07) is 6.12. The van der Waals surface area contributed by atoms with E-state index < -0.39 is 0 Å². The van der Waals surface area contributed by atoms with Crippen molar-refractivity contribution < 1.29 is 4.39 Å². The third-order valence-electron chi connectivity index (χ3n) is 4.67. The van der Waals surface area contributed by atoms with Gasteiger partial charge in [0.05, 0.1) is 16.9 Å². The summed E-state index contributed by atoms with van der Waals surface area (Å²) in [6.45, 7) is 3.75. The predicted molar refractivity (Wildman–Crippen MR) is 95.3 cm³/mol. The van der Waals surface area contributed by atoms with Gasteiger partial charge in [0.1, 0.15) is 0 Å². The summed E-state index contributed by atoms with van der Waals surface area (Å²) >= 11 is 1.31. The maximum absolute atomic E-state index is 12.3. The topological polar surface area (TPSA) is 25.2 Å². The Kier molecular flexibility index (Phi) is 5.84. The third-order valence-corrected chi connectivity index (χ3v) is 5.61. The number of thiazole rings is 1. The van der Waals surface area contributed by atoms with E-state index in [0.717, 1.165) is 48.4 Å². The van der Waals surface area contributed by atoms with E-state index in [9.17, 15) is 9.18 Å². The van der Waals surface area contributed by atoms with Gasteiger partial charge < -0.3 is 4.90 Å². The lowest BCUT2D eigenvalue weighted by molar-refractivity contribution is 0.274. The second kappa shape index (κ2) is 8.06. The van der Waals surface area contributed by atoms with Crippen LogP contribution in [0.1, 0.15) is 37.7 Å². The zero-order valence-corrected chi connectivity index (χ0v) is 14.4. The molecule has 23 heavy (non-hydrogen) atoms. The van der Waals surface area contributed by atoms with Crippen molar-refractivity contribution in [3.8, 4) is 0 Å². The molecule has 0 radical (unpaired) electrons. The molecule has 0 aliphatic carbocycles. The van der Waals surface area contributed by atoms with Crippen molar-refractivity contribution in [3.63, 3.8) is 0 Å². The molecule has 1 aliphatic rings. The molecule has 126 valence electrons. The lowest BCUT2D eigenvalue weighted by Crippen LogP contribution is -2.30. The Morgan fingerprint density at radius 2 is 1.87 bits per heavy atom. The lowest BCUT2D eigenvalue weighted by atomic mass is 10.1. The van der Waals surface area contributed by atoms with Crippen LogP contribution in [0.4, 0.5) is 4.39 Å². The molecule has 1 aromatic heterocycles. The van der Waals surface area contributed by atoms with Crippen LogP contribution in [0.25, 0.3) is 10.2 Å². The number of fused-ring (bicyclic) bond motifs is 1. The molecule has 0 bridgehead atoms. The third kappa shape index (κ3) is 4.21. The van der Waals surface area contributed by atoms with Crippen LogP contribution < -0.4 is 4.87 Å². The zero-order chi connectivity index (χ0) is 16.1. The van der Waals surface area contributed by atoms with Gasteiger partial charge in [0.25, 0.3) is 0 Å². The summed E-state index contributed by atoms with van der Waals surface area (Å²) in [5, 5.41) is 0. The van der Waals surface area contributed by atoms with Crippen LogP contribution in [-0.4, -0.2) is 35.8 Å². The molecule has 5 heteroatoms. The second-order valence-electron chi connectivity index (χ2n) is 6.37. The van der Waals surface area contributed by atoms with E-state index >= 15 is 0 Å². The number of likely N-dealkylation sites (tertiary alicyclic amines) is 1. The number of rotatable bonds is 6. The Hall–Kier alpha value is -1.20. The molecule has 0 atom stereocenters. The highest BCUT2D eigenvalue weighted by atomic mass is 32.1. The second-order valence-corrected chi connectivity index (χ2v) is 7.36. The van der Waals surface area contributed by atoms with Crippen LogP contribution in [0.5, 0.6) is 0 Å². The molecular weight excluding hydrogens is 311 g/mol. The molecule has 0 saturated carbocycles. The molecule has 0 unspecified atom stereocenters. The monoisotopic (exact) mass is 336 g/mol. The fourth-order valence-corrected chi connectivity index (χ4v) is 4.33. The molecule has 1 saturated heterocycles. The molecule has 0 amide bonds. The highest BCUT2D eigenvalue weighted by Crippen LogP contribution is 2.20. The Bertz CT molecular complexity index is 686. The zero-order valence-electron chi connectivity index (χ0n) is 13.6. The summed E-state index contributed by atoms with van der Waals surface area (Å²) in [6.07, 6.45) is 6.51. The summed E-state index contributed by atoms with van der Waals surface area (Å²) < 4.78 is 15.2. The summed E-state index contributed by atoms with van der Waals surface area (Å²) in [4.78, 5) is 14.9. The fourth-order valence-electron chi connectivity index (χ4n) is 3.35. The van der Waals surface area contributed by atoms with Crippen LogP contribution in [-0.2, 0) is 13.0 Å². The smallest absolute Gasteiger partial charge is 0.302 e. The van der Waals surface area contributed by atoms with Crippen LogP contribution in [0.15, 0.2) is 23.0 Å². The summed E-state index contributed by atoms with van der Waals surface area (Å²) in [5.41, 5.74) is 2.15. The average molecular weight is 336 g/mol. The highest BCUT2D eigenvalue weighted by Gasteiger charge is 2.12. The SMILES string of the molecule is O=c1sc2cc(CCCF)ccc2n1CCN1CCCCCC1. The van der Waals surface area contributed by atoms with Crippen molar-refractivity contribution in [3.05, 3.63) is 33.4 Å². The molecule has 0 spiro atoms. The molecule has 1 aliphatic heterocycles. The number of benzene rings is 1. The Morgan fingerprint density at radius 1 is 1.09 bits per heavy atom. The Balaban J connectivity index is 1.72. The number of halogens is 1. The first kappa shape index (κ1) is 16.7. The van der Waals surface area contributed by atoms with Gasteiger partial charge in [-0.1, -0.05) is 30.2 Å². The van der Waals surface area contributed by atoms with E-state index in [1.165, 1.54) is 37.0 Å². The molecule has 0 N–H and O–H groups in total. The first-order valence-electron chi connectivity index (χ1n) is 8.68. The number of nitrogens with zero attached hydrogens (tertiary/aromatic N) is 2. The van der Waals surface area contributed by atoms with E-state index in [1.807, 2.05) is 16.7 Å². The Morgan fingerprint density at radius 3 is 2.61 bits per heavy atom. The number of aryl methyl sites for hydroxylation is 1. The minimum Gasteiger partial charge on any atom is -0.302 e. The molecule has 3 rings (SSSR count). The van der Waals surface area contributed by atoms with Crippen molar-refractivity contribution >= 4 is 21.6 Å². The number of aromatic nitrogens is 1. The molecule has 2 heterocycles. The van der Waals surface area contributed by atoms with Gasteiger partial charge in [-0.15, -0.1) is 0 Å².